The van der Waals surface area contributed by atoms with E-state index >= 15 is 0 Å². The summed E-state index contributed by atoms with van der Waals surface area (Å²) in [5, 5.41) is 7.63. The van der Waals surface area contributed by atoms with Crippen molar-refractivity contribution in [2.24, 2.45) is 0 Å². The summed E-state index contributed by atoms with van der Waals surface area (Å²) in [7, 11) is -3.65. The van der Waals surface area contributed by atoms with Crippen molar-refractivity contribution in [1.29, 1.82) is 5.26 Å². The van der Waals surface area contributed by atoms with Gasteiger partial charge >= 0.3 is 16.2 Å². The number of anilines is 1. The van der Waals surface area contributed by atoms with Gasteiger partial charge in [0.15, 0.2) is 0 Å². The van der Waals surface area contributed by atoms with Gasteiger partial charge in [0.05, 0.1) is 18.2 Å². The lowest BCUT2D eigenvalue weighted by molar-refractivity contribution is -0.117. The molecule has 0 spiro atoms. The zero-order chi connectivity index (χ0) is 16.5. The number of carbonyl (C=O) groups is 2. The molecule has 2 rings (SSSR count). The monoisotopic (exact) mass is 326 g/mol. The van der Waals surface area contributed by atoms with Crippen LogP contribution in [-0.2, 0) is 19.8 Å². The highest BCUT2D eigenvalue weighted by Gasteiger charge is 2.39. The van der Waals surface area contributed by atoms with Gasteiger partial charge in [-0.05, 0) is 18.2 Å². The fourth-order valence-electron chi connectivity index (χ4n) is 2.19. The van der Waals surface area contributed by atoms with Crippen LogP contribution in [0.2, 0.25) is 0 Å². The van der Waals surface area contributed by atoms with Crippen LogP contribution in [0.15, 0.2) is 18.2 Å². The number of benzene rings is 1. The lowest BCUT2D eigenvalue weighted by Gasteiger charge is -2.17. The molecule has 9 heteroatoms. The summed E-state index contributed by atoms with van der Waals surface area (Å²) in [5.41, 5.74) is 0.221. The standard InChI is InChI=1S/C13H11FN2O5S/c1-21-13(18)11-3-2-9(4-8(11)6-15)16-7-10(5-12(16)17)22(14,19)20/h2-4,10H,5,7H2,1H3. The van der Waals surface area contributed by atoms with E-state index in [-0.39, 0.29) is 23.4 Å². The Bertz CT molecular complexity index is 784. The van der Waals surface area contributed by atoms with Crippen LogP contribution in [0.1, 0.15) is 22.3 Å². The van der Waals surface area contributed by atoms with Crippen molar-refractivity contribution in [3.8, 4) is 6.07 Å². The largest absolute Gasteiger partial charge is 0.465 e. The van der Waals surface area contributed by atoms with Crippen LogP contribution in [0.5, 0.6) is 0 Å². The van der Waals surface area contributed by atoms with Crippen molar-refractivity contribution in [1.82, 2.24) is 0 Å². The molecule has 1 unspecified atom stereocenters. The molecule has 0 N–H and O–H groups in total. The SMILES string of the molecule is COC(=O)c1ccc(N2CC(S(=O)(=O)F)CC2=O)cc1C#N. The molecule has 1 aromatic carbocycles. The van der Waals surface area contributed by atoms with Gasteiger partial charge in [-0.1, -0.05) is 0 Å². The molecule has 0 bridgehead atoms. The van der Waals surface area contributed by atoms with Gasteiger partial charge in [-0.15, -0.1) is 3.89 Å². The van der Waals surface area contributed by atoms with Gasteiger partial charge in [0, 0.05) is 18.7 Å². The van der Waals surface area contributed by atoms with Crippen molar-refractivity contribution in [3.05, 3.63) is 29.3 Å². The molecule has 1 aliphatic heterocycles. The Morgan fingerprint density at radius 1 is 1.50 bits per heavy atom. The van der Waals surface area contributed by atoms with Gasteiger partial charge in [-0.25, -0.2) is 4.79 Å². The Labute approximate surface area is 126 Å². The summed E-state index contributed by atoms with van der Waals surface area (Å²) in [6.07, 6.45) is -0.459. The third-order valence-electron chi connectivity index (χ3n) is 3.33. The minimum absolute atomic E-state index is 0.0232. The number of amides is 1. The molecule has 0 aromatic heterocycles. The molecule has 1 amide bonds. The van der Waals surface area contributed by atoms with E-state index in [1.54, 1.807) is 6.07 Å². The summed E-state index contributed by atoms with van der Waals surface area (Å²) in [4.78, 5) is 24.4. The minimum atomic E-state index is -4.82. The third kappa shape index (κ3) is 2.92. The maximum absolute atomic E-state index is 13.0. The number of rotatable bonds is 3. The van der Waals surface area contributed by atoms with Gasteiger partial charge in [0.25, 0.3) is 0 Å². The predicted octanol–water partition coefficient (Wildman–Crippen LogP) is 0.749. The van der Waals surface area contributed by atoms with E-state index in [0.29, 0.717) is 0 Å². The van der Waals surface area contributed by atoms with Gasteiger partial charge in [-0.2, -0.15) is 13.7 Å². The smallest absolute Gasteiger partial charge is 0.339 e. The number of methoxy groups -OCH3 is 1. The van der Waals surface area contributed by atoms with E-state index in [1.807, 2.05) is 0 Å². The first-order chi connectivity index (χ1) is 10.3. The van der Waals surface area contributed by atoms with Crippen LogP contribution in [0.25, 0.3) is 0 Å². The number of ether oxygens (including phenoxy) is 1. The van der Waals surface area contributed by atoms with Crippen molar-refractivity contribution in [2.75, 3.05) is 18.6 Å². The number of hydrogen-bond acceptors (Lipinski definition) is 6. The zero-order valence-corrected chi connectivity index (χ0v) is 12.3. The Balaban J connectivity index is 2.37. The Morgan fingerprint density at radius 2 is 2.18 bits per heavy atom. The molecule has 1 saturated heterocycles. The van der Waals surface area contributed by atoms with Crippen molar-refractivity contribution in [3.63, 3.8) is 0 Å². The number of esters is 1. The topological polar surface area (TPSA) is 105 Å². The van der Waals surface area contributed by atoms with Gasteiger partial charge < -0.3 is 9.64 Å². The van der Waals surface area contributed by atoms with Crippen molar-refractivity contribution < 1.29 is 26.6 Å². The zero-order valence-electron chi connectivity index (χ0n) is 11.4. The third-order valence-corrected chi connectivity index (χ3v) is 4.44. The molecule has 116 valence electrons. The molecule has 22 heavy (non-hydrogen) atoms. The van der Waals surface area contributed by atoms with E-state index in [1.165, 1.54) is 18.2 Å². The predicted molar refractivity (Wildman–Crippen MR) is 73.3 cm³/mol. The lowest BCUT2D eigenvalue weighted by Crippen LogP contribution is -2.27. The second-order valence-corrected chi connectivity index (χ2v) is 6.26. The fourth-order valence-corrected chi connectivity index (χ4v) is 2.86. The van der Waals surface area contributed by atoms with E-state index < -0.39 is 33.8 Å². The van der Waals surface area contributed by atoms with E-state index in [9.17, 15) is 21.9 Å². The molecule has 7 nitrogen and oxygen atoms in total. The summed E-state index contributed by atoms with van der Waals surface area (Å²) >= 11 is 0. The highest BCUT2D eigenvalue weighted by molar-refractivity contribution is 7.87. The molecule has 1 heterocycles. The second kappa shape index (κ2) is 5.73. The average molecular weight is 326 g/mol. The van der Waals surface area contributed by atoms with Crippen LogP contribution in [0.4, 0.5) is 9.57 Å². The molecule has 0 aliphatic carbocycles. The van der Waals surface area contributed by atoms with Crippen LogP contribution >= 0.6 is 0 Å². The first-order valence-electron chi connectivity index (χ1n) is 6.14. The van der Waals surface area contributed by atoms with Gasteiger partial charge in [0.1, 0.15) is 11.3 Å². The quantitative estimate of drug-likeness (QED) is 0.599. The fraction of sp³-hybridized carbons (Fsp3) is 0.308. The summed E-state index contributed by atoms with van der Waals surface area (Å²) in [6.45, 7) is -0.333. The maximum atomic E-state index is 13.0. The molecule has 1 aliphatic rings. The molecular weight excluding hydrogens is 315 g/mol. The molecule has 0 saturated carbocycles. The summed E-state index contributed by atoms with van der Waals surface area (Å²) in [5.74, 6) is -1.28. The molecular formula is C13H11FN2O5S. The molecule has 1 aromatic rings. The van der Waals surface area contributed by atoms with Crippen LogP contribution in [0.3, 0.4) is 0 Å². The Kier molecular flexibility index (Phi) is 4.14. The molecule has 1 atom stereocenters. The van der Waals surface area contributed by atoms with E-state index in [0.717, 1.165) is 12.0 Å². The van der Waals surface area contributed by atoms with Crippen LogP contribution in [-0.4, -0.2) is 39.2 Å². The van der Waals surface area contributed by atoms with Crippen molar-refractivity contribution >= 4 is 27.8 Å². The second-order valence-electron chi connectivity index (χ2n) is 4.64. The normalized spacial score (nSPS) is 18.1. The minimum Gasteiger partial charge on any atom is -0.465 e. The van der Waals surface area contributed by atoms with Gasteiger partial charge in [-0.3, -0.25) is 4.79 Å². The first-order valence-corrected chi connectivity index (χ1v) is 7.59. The number of hydrogen-bond donors (Lipinski definition) is 0. The summed E-state index contributed by atoms with van der Waals surface area (Å²) < 4.78 is 39.3. The Hall–Kier alpha value is -2.47. The highest BCUT2D eigenvalue weighted by Crippen LogP contribution is 2.27. The summed E-state index contributed by atoms with van der Waals surface area (Å²) in [6, 6.07) is 5.73. The van der Waals surface area contributed by atoms with E-state index in [2.05, 4.69) is 4.74 Å². The lowest BCUT2D eigenvalue weighted by atomic mass is 10.1. The Morgan fingerprint density at radius 3 is 2.68 bits per heavy atom. The highest BCUT2D eigenvalue weighted by atomic mass is 32.3. The number of carbonyl (C=O) groups excluding carboxylic acids is 2. The number of halogens is 1. The average Bonchev–Trinajstić information content (AvgIpc) is 2.88. The van der Waals surface area contributed by atoms with Crippen molar-refractivity contribution in [2.45, 2.75) is 11.7 Å². The molecule has 0 radical (unpaired) electrons. The maximum Gasteiger partial charge on any atom is 0.339 e. The first kappa shape index (κ1) is 15.9. The van der Waals surface area contributed by atoms with Gasteiger partial charge in [0.2, 0.25) is 5.91 Å². The van der Waals surface area contributed by atoms with E-state index in [4.69, 9.17) is 5.26 Å². The molecule has 1 fully saturated rings. The van der Waals surface area contributed by atoms with Crippen LogP contribution in [0, 0.1) is 11.3 Å². The number of nitrogens with zero attached hydrogens (tertiary/aromatic N) is 2. The number of nitriles is 1. The van der Waals surface area contributed by atoms with Crippen LogP contribution < -0.4 is 4.90 Å².